The molecule has 0 radical (unpaired) electrons. The number of ether oxygens (including phenoxy) is 1. The van der Waals surface area contributed by atoms with Gasteiger partial charge >= 0.3 is 0 Å². The summed E-state index contributed by atoms with van der Waals surface area (Å²) in [5.41, 5.74) is 1.96. The van der Waals surface area contributed by atoms with Gasteiger partial charge in [0.1, 0.15) is 10.7 Å². The number of nitrogens with one attached hydrogen (secondary N) is 1. The zero-order valence-corrected chi connectivity index (χ0v) is 11.0. The van der Waals surface area contributed by atoms with Crippen molar-refractivity contribution in [1.82, 2.24) is 15.3 Å². The molecule has 4 nitrogen and oxygen atoms in total. The molecule has 0 spiro atoms. The maximum Gasteiger partial charge on any atom is 0.213 e. The molecule has 0 aromatic carbocycles. The van der Waals surface area contributed by atoms with Gasteiger partial charge in [0.2, 0.25) is 5.88 Å². The lowest BCUT2D eigenvalue weighted by Crippen LogP contribution is -2.15. The molecule has 1 saturated carbocycles. The van der Waals surface area contributed by atoms with Gasteiger partial charge in [-0.2, -0.15) is 0 Å². The number of aromatic nitrogens is 2. The Hall–Kier alpha value is -1.46. The summed E-state index contributed by atoms with van der Waals surface area (Å²) in [5, 5.41) is 6.49. The molecule has 2 heterocycles. The lowest BCUT2D eigenvalue weighted by atomic mass is 10.3. The van der Waals surface area contributed by atoms with E-state index in [0.717, 1.165) is 22.9 Å². The van der Waals surface area contributed by atoms with Crippen LogP contribution in [0.2, 0.25) is 0 Å². The molecule has 1 N–H and O–H groups in total. The summed E-state index contributed by atoms with van der Waals surface area (Å²) >= 11 is 1.62. The topological polar surface area (TPSA) is 47.0 Å². The lowest BCUT2D eigenvalue weighted by Gasteiger charge is -2.00. The summed E-state index contributed by atoms with van der Waals surface area (Å²) in [5.74, 6) is 0.625. The van der Waals surface area contributed by atoms with E-state index in [1.807, 2.05) is 18.2 Å². The van der Waals surface area contributed by atoms with Crippen molar-refractivity contribution in [2.45, 2.75) is 25.4 Å². The summed E-state index contributed by atoms with van der Waals surface area (Å²) in [7, 11) is 1.62. The van der Waals surface area contributed by atoms with Crippen LogP contribution in [0.15, 0.2) is 23.6 Å². The summed E-state index contributed by atoms with van der Waals surface area (Å²) in [6.07, 6.45) is 2.60. The van der Waals surface area contributed by atoms with Crippen LogP contribution in [-0.4, -0.2) is 23.1 Å². The molecule has 1 fully saturated rings. The largest absolute Gasteiger partial charge is 0.481 e. The molecular weight excluding hydrogens is 246 g/mol. The highest BCUT2D eigenvalue weighted by atomic mass is 32.1. The monoisotopic (exact) mass is 261 g/mol. The first kappa shape index (κ1) is 11.6. The number of methoxy groups -OCH3 is 1. The van der Waals surface area contributed by atoms with Crippen molar-refractivity contribution >= 4 is 11.3 Å². The molecule has 2 aromatic rings. The van der Waals surface area contributed by atoms with E-state index in [1.54, 1.807) is 18.4 Å². The lowest BCUT2D eigenvalue weighted by molar-refractivity contribution is 0.398. The zero-order chi connectivity index (χ0) is 12.4. The molecule has 0 aliphatic heterocycles. The molecule has 1 aliphatic carbocycles. The summed E-state index contributed by atoms with van der Waals surface area (Å²) in [4.78, 5) is 8.98. The average molecular weight is 261 g/mol. The Labute approximate surface area is 110 Å². The molecule has 18 heavy (non-hydrogen) atoms. The van der Waals surface area contributed by atoms with E-state index in [4.69, 9.17) is 4.74 Å². The van der Waals surface area contributed by atoms with Crippen LogP contribution in [-0.2, 0) is 6.54 Å². The van der Waals surface area contributed by atoms with Crippen molar-refractivity contribution in [2.24, 2.45) is 0 Å². The smallest absolute Gasteiger partial charge is 0.213 e. The first-order valence-corrected chi connectivity index (χ1v) is 6.92. The van der Waals surface area contributed by atoms with Gasteiger partial charge in [0, 0.05) is 24.0 Å². The molecule has 0 bridgehead atoms. The highest BCUT2D eigenvalue weighted by molar-refractivity contribution is 7.13. The minimum atomic E-state index is 0.625. The second-order valence-corrected chi connectivity index (χ2v) is 5.22. The van der Waals surface area contributed by atoms with Gasteiger partial charge in [0.25, 0.3) is 0 Å². The van der Waals surface area contributed by atoms with Gasteiger partial charge in [0.05, 0.1) is 12.8 Å². The van der Waals surface area contributed by atoms with Crippen LogP contribution in [0.5, 0.6) is 5.88 Å². The van der Waals surface area contributed by atoms with Crippen LogP contribution < -0.4 is 10.1 Å². The van der Waals surface area contributed by atoms with E-state index in [2.05, 4.69) is 20.7 Å². The summed E-state index contributed by atoms with van der Waals surface area (Å²) in [6.45, 7) is 0.852. The van der Waals surface area contributed by atoms with Gasteiger partial charge in [-0.1, -0.05) is 6.07 Å². The Kier molecular flexibility index (Phi) is 3.25. The molecule has 0 unspecified atom stereocenters. The third-order valence-corrected chi connectivity index (χ3v) is 3.77. The first-order chi connectivity index (χ1) is 8.85. The van der Waals surface area contributed by atoms with Crippen LogP contribution in [0.3, 0.4) is 0 Å². The first-order valence-electron chi connectivity index (χ1n) is 6.04. The van der Waals surface area contributed by atoms with Crippen LogP contribution in [0, 0.1) is 0 Å². The predicted octanol–water partition coefficient (Wildman–Crippen LogP) is 2.47. The number of pyridine rings is 1. The molecule has 5 heteroatoms. The van der Waals surface area contributed by atoms with Crippen LogP contribution in [0.1, 0.15) is 18.5 Å². The SMILES string of the molecule is COc1cccc(-c2nc(CNC3CC3)cs2)n1. The number of rotatable bonds is 5. The number of nitrogens with zero attached hydrogens (tertiary/aromatic N) is 2. The van der Waals surface area contributed by atoms with Crippen LogP contribution >= 0.6 is 11.3 Å². The fraction of sp³-hybridized carbons (Fsp3) is 0.385. The molecule has 0 amide bonds. The fourth-order valence-electron chi connectivity index (χ4n) is 1.69. The van der Waals surface area contributed by atoms with Crippen molar-refractivity contribution in [1.29, 1.82) is 0 Å². The molecule has 0 saturated heterocycles. The summed E-state index contributed by atoms with van der Waals surface area (Å²) in [6, 6.07) is 6.45. The molecular formula is C13H15N3OS. The normalized spacial score (nSPS) is 14.7. The van der Waals surface area contributed by atoms with Crippen molar-refractivity contribution in [3.8, 4) is 16.6 Å². The third kappa shape index (κ3) is 2.68. The van der Waals surface area contributed by atoms with Crippen molar-refractivity contribution in [3.05, 3.63) is 29.3 Å². The maximum atomic E-state index is 5.12. The fourth-order valence-corrected chi connectivity index (χ4v) is 2.48. The minimum absolute atomic E-state index is 0.625. The Morgan fingerprint density at radius 1 is 1.39 bits per heavy atom. The quantitative estimate of drug-likeness (QED) is 0.898. The highest BCUT2D eigenvalue weighted by Crippen LogP contribution is 2.24. The number of hydrogen-bond donors (Lipinski definition) is 1. The third-order valence-electron chi connectivity index (χ3n) is 2.85. The van der Waals surface area contributed by atoms with Gasteiger partial charge in [-0.05, 0) is 18.9 Å². The van der Waals surface area contributed by atoms with Crippen molar-refractivity contribution < 1.29 is 4.74 Å². The van der Waals surface area contributed by atoms with E-state index < -0.39 is 0 Å². The maximum absolute atomic E-state index is 5.12. The van der Waals surface area contributed by atoms with E-state index in [1.165, 1.54) is 12.8 Å². The van der Waals surface area contributed by atoms with E-state index in [0.29, 0.717) is 11.9 Å². The highest BCUT2D eigenvalue weighted by Gasteiger charge is 2.20. The molecule has 94 valence electrons. The zero-order valence-electron chi connectivity index (χ0n) is 10.2. The summed E-state index contributed by atoms with van der Waals surface area (Å²) < 4.78 is 5.12. The van der Waals surface area contributed by atoms with Crippen molar-refractivity contribution in [3.63, 3.8) is 0 Å². The molecule has 2 aromatic heterocycles. The van der Waals surface area contributed by atoms with Gasteiger partial charge < -0.3 is 10.1 Å². The van der Waals surface area contributed by atoms with Crippen molar-refractivity contribution in [2.75, 3.05) is 7.11 Å². The standard InChI is InChI=1S/C13H15N3OS/c1-17-12-4-2-3-11(16-12)13-15-10(8-18-13)7-14-9-5-6-9/h2-4,8-9,14H,5-7H2,1H3. The van der Waals surface area contributed by atoms with Crippen LogP contribution in [0.4, 0.5) is 0 Å². The average Bonchev–Trinajstić information content (AvgIpc) is 3.13. The van der Waals surface area contributed by atoms with E-state index in [9.17, 15) is 0 Å². The Bertz CT molecular complexity index is 537. The Morgan fingerprint density at radius 3 is 3.06 bits per heavy atom. The van der Waals surface area contributed by atoms with Gasteiger partial charge in [-0.3, -0.25) is 0 Å². The Morgan fingerprint density at radius 2 is 2.28 bits per heavy atom. The number of thiazole rings is 1. The van der Waals surface area contributed by atoms with Crippen LogP contribution in [0.25, 0.3) is 10.7 Å². The minimum Gasteiger partial charge on any atom is -0.481 e. The molecule has 3 rings (SSSR count). The second kappa shape index (κ2) is 5.04. The number of hydrogen-bond acceptors (Lipinski definition) is 5. The second-order valence-electron chi connectivity index (χ2n) is 4.36. The molecule has 0 atom stereocenters. The Balaban J connectivity index is 1.74. The van der Waals surface area contributed by atoms with E-state index >= 15 is 0 Å². The van der Waals surface area contributed by atoms with Gasteiger partial charge in [-0.15, -0.1) is 11.3 Å². The van der Waals surface area contributed by atoms with Gasteiger partial charge in [0.15, 0.2) is 0 Å². The predicted molar refractivity (Wildman–Crippen MR) is 71.8 cm³/mol. The molecule has 1 aliphatic rings. The van der Waals surface area contributed by atoms with Gasteiger partial charge in [-0.25, -0.2) is 9.97 Å². The van der Waals surface area contributed by atoms with E-state index in [-0.39, 0.29) is 0 Å².